The molecule has 0 aromatic rings. The van der Waals surface area contributed by atoms with Crippen LogP contribution in [0.1, 0.15) is 19.8 Å². The Kier molecular flexibility index (Phi) is 4.19. The van der Waals surface area contributed by atoms with Gasteiger partial charge in [0.1, 0.15) is 5.92 Å². The second-order valence-electron chi connectivity index (χ2n) is 5.23. The van der Waals surface area contributed by atoms with Crippen molar-refractivity contribution in [3.63, 3.8) is 0 Å². The van der Waals surface area contributed by atoms with E-state index in [1.54, 1.807) is 0 Å². The Balaban J connectivity index is 1.88. The van der Waals surface area contributed by atoms with Crippen LogP contribution in [0.5, 0.6) is 0 Å². The molecule has 2 fully saturated rings. The molecule has 0 saturated carbocycles. The normalized spacial score (nSPS) is 36.3. The number of carboxylic acid groups (broad SMARTS) is 1. The summed E-state index contributed by atoms with van der Waals surface area (Å²) in [6.07, 6.45) is 1.88. The minimum absolute atomic E-state index is 0.108. The number of carbonyl (C=O) groups is 2. The summed E-state index contributed by atoms with van der Waals surface area (Å²) in [7, 11) is 0. The van der Waals surface area contributed by atoms with E-state index in [2.05, 4.69) is 17.6 Å². The fourth-order valence-electron chi connectivity index (χ4n) is 2.53. The van der Waals surface area contributed by atoms with Crippen molar-refractivity contribution in [1.82, 2.24) is 10.6 Å². The van der Waals surface area contributed by atoms with Crippen LogP contribution in [0.15, 0.2) is 0 Å². The van der Waals surface area contributed by atoms with Crippen molar-refractivity contribution in [3.05, 3.63) is 0 Å². The highest BCUT2D eigenvalue weighted by molar-refractivity contribution is 5.83. The number of rotatable bonds is 3. The van der Waals surface area contributed by atoms with Gasteiger partial charge in [0.2, 0.25) is 5.91 Å². The predicted molar refractivity (Wildman–Crippen MR) is 64.1 cm³/mol. The Morgan fingerprint density at radius 2 is 2.17 bits per heavy atom. The van der Waals surface area contributed by atoms with Gasteiger partial charge in [0.25, 0.3) is 0 Å². The highest BCUT2D eigenvalue weighted by atomic mass is 16.5. The summed E-state index contributed by atoms with van der Waals surface area (Å²) in [4.78, 5) is 23.0. The van der Waals surface area contributed by atoms with Gasteiger partial charge in [-0.3, -0.25) is 9.59 Å². The van der Waals surface area contributed by atoms with Gasteiger partial charge in [0, 0.05) is 0 Å². The van der Waals surface area contributed by atoms with E-state index in [4.69, 9.17) is 9.84 Å². The zero-order valence-electron chi connectivity index (χ0n) is 10.5. The first-order valence-electron chi connectivity index (χ1n) is 6.42. The average Bonchev–Trinajstić information content (AvgIpc) is 2.77. The van der Waals surface area contributed by atoms with Crippen LogP contribution in [0.25, 0.3) is 0 Å². The molecule has 1 amide bonds. The number of piperidine rings is 1. The summed E-state index contributed by atoms with van der Waals surface area (Å²) in [6, 6.07) is -0.613. The fraction of sp³-hybridized carbons (Fsp3) is 0.833. The van der Waals surface area contributed by atoms with Crippen LogP contribution in [-0.2, 0) is 14.3 Å². The lowest BCUT2D eigenvalue weighted by molar-refractivity contribution is -0.142. The molecule has 6 heteroatoms. The van der Waals surface area contributed by atoms with E-state index in [1.165, 1.54) is 0 Å². The third-order valence-electron chi connectivity index (χ3n) is 3.71. The third-order valence-corrected chi connectivity index (χ3v) is 3.71. The second-order valence-corrected chi connectivity index (χ2v) is 5.23. The summed E-state index contributed by atoms with van der Waals surface area (Å²) in [5.74, 6) is -1.13. The van der Waals surface area contributed by atoms with E-state index in [-0.39, 0.29) is 25.2 Å². The van der Waals surface area contributed by atoms with Crippen molar-refractivity contribution in [2.75, 3.05) is 19.8 Å². The lowest BCUT2D eigenvalue weighted by Crippen LogP contribution is -2.53. The van der Waals surface area contributed by atoms with E-state index in [9.17, 15) is 9.59 Å². The average molecular weight is 256 g/mol. The maximum absolute atomic E-state index is 12.0. The van der Waals surface area contributed by atoms with Crippen molar-refractivity contribution < 1.29 is 19.4 Å². The molecule has 102 valence electrons. The van der Waals surface area contributed by atoms with Gasteiger partial charge < -0.3 is 20.5 Å². The van der Waals surface area contributed by atoms with Crippen molar-refractivity contribution in [1.29, 1.82) is 0 Å². The molecule has 2 heterocycles. The van der Waals surface area contributed by atoms with Crippen LogP contribution in [0.2, 0.25) is 0 Å². The molecule has 2 saturated heterocycles. The van der Waals surface area contributed by atoms with Gasteiger partial charge in [-0.05, 0) is 25.3 Å². The molecule has 0 aromatic heterocycles. The zero-order chi connectivity index (χ0) is 13.1. The van der Waals surface area contributed by atoms with Gasteiger partial charge in [-0.1, -0.05) is 6.92 Å². The third kappa shape index (κ3) is 3.00. The molecule has 4 atom stereocenters. The Morgan fingerprint density at radius 1 is 1.39 bits per heavy atom. The standard InChI is InChI=1S/C12H20N2O4/c1-7-2-3-13-9(4-7)11(15)14-10-6-18-5-8(10)12(16)17/h7-10,13H,2-6H2,1H3,(H,14,15)(H,16,17). The van der Waals surface area contributed by atoms with Crippen LogP contribution in [0, 0.1) is 11.8 Å². The molecule has 0 aliphatic carbocycles. The molecule has 0 aromatic carbocycles. The van der Waals surface area contributed by atoms with Crippen LogP contribution in [0.3, 0.4) is 0 Å². The molecule has 3 N–H and O–H groups in total. The minimum Gasteiger partial charge on any atom is -0.481 e. The first kappa shape index (κ1) is 13.3. The Morgan fingerprint density at radius 3 is 2.83 bits per heavy atom. The van der Waals surface area contributed by atoms with Gasteiger partial charge >= 0.3 is 5.97 Å². The maximum atomic E-state index is 12.0. The molecule has 2 aliphatic rings. The first-order chi connectivity index (χ1) is 8.58. The Bertz CT molecular complexity index is 334. The van der Waals surface area contributed by atoms with E-state index in [0.717, 1.165) is 19.4 Å². The Labute approximate surface area is 106 Å². The predicted octanol–water partition coefficient (Wildman–Crippen LogP) is -0.410. The summed E-state index contributed by atoms with van der Waals surface area (Å²) in [6.45, 7) is 3.42. The van der Waals surface area contributed by atoms with Gasteiger partial charge in [-0.25, -0.2) is 0 Å². The van der Waals surface area contributed by atoms with Crippen molar-refractivity contribution in [2.24, 2.45) is 11.8 Å². The number of amides is 1. The maximum Gasteiger partial charge on any atom is 0.311 e. The van der Waals surface area contributed by atoms with Gasteiger partial charge in [-0.15, -0.1) is 0 Å². The van der Waals surface area contributed by atoms with E-state index in [1.807, 2.05) is 0 Å². The zero-order valence-corrected chi connectivity index (χ0v) is 10.5. The summed E-state index contributed by atoms with van der Waals surface area (Å²) >= 11 is 0. The number of ether oxygens (including phenoxy) is 1. The van der Waals surface area contributed by atoms with Crippen molar-refractivity contribution in [3.8, 4) is 0 Å². The SMILES string of the molecule is CC1CCNC(C(=O)NC2COCC2C(=O)O)C1. The first-order valence-corrected chi connectivity index (χ1v) is 6.42. The van der Waals surface area contributed by atoms with Gasteiger partial charge in [0.15, 0.2) is 0 Å². The van der Waals surface area contributed by atoms with Crippen LogP contribution < -0.4 is 10.6 Å². The smallest absolute Gasteiger partial charge is 0.311 e. The van der Waals surface area contributed by atoms with E-state index in [0.29, 0.717) is 5.92 Å². The van der Waals surface area contributed by atoms with E-state index < -0.39 is 17.9 Å². The molecule has 0 bridgehead atoms. The molecule has 2 aliphatic heterocycles. The number of hydrogen-bond donors (Lipinski definition) is 3. The molecule has 0 spiro atoms. The summed E-state index contributed by atoms with van der Waals surface area (Å²) in [5, 5.41) is 15.0. The fourth-order valence-corrected chi connectivity index (χ4v) is 2.53. The number of carbonyl (C=O) groups excluding carboxylic acids is 1. The highest BCUT2D eigenvalue weighted by Gasteiger charge is 2.36. The largest absolute Gasteiger partial charge is 0.481 e. The van der Waals surface area contributed by atoms with Gasteiger partial charge in [-0.2, -0.15) is 0 Å². The molecular weight excluding hydrogens is 236 g/mol. The Hall–Kier alpha value is -1.14. The molecule has 2 rings (SSSR count). The van der Waals surface area contributed by atoms with Gasteiger partial charge in [0.05, 0.1) is 25.3 Å². The second kappa shape index (κ2) is 5.67. The number of carboxylic acids is 1. The van der Waals surface area contributed by atoms with Crippen LogP contribution in [-0.4, -0.2) is 48.8 Å². The molecule has 4 unspecified atom stereocenters. The van der Waals surface area contributed by atoms with E-state index >= 15 is 0 Å². The minimum atomic E-state index is -0.914. The molecule has 0 radical (unpaired) electrons. The quantitative estimate of drug-likeness (QED) is 0.639. The monoisotopic (exact) mass is 256 g/mol. The number of nitrogens with one attached hydrogen (secondary N) is 2. The molecular formula is C12H20N2O4. The lowest BCUT2D eigenvalue weighted by atomic mass is 9.93. The highest BCUT2D eigenvalue weighted by Crippen LogP contribution is 2.17. The molecule has 18 heavy (non-hydrogen) atoms. The summed E-state index contributed by atoms with van der Waals surface area (Å²) in [5.41, 5.74) is 0. The van der Waals surface area contributed by atoms with Crippen molar-refractivity contribution >= 4 is 11.9 Å². The number of aliphatic carboxylic acids is 1. The van der Waals surface area contributed by atoms with Crippen LogP contribution in [0.4, 0.5) is 0 Å². The topological polar surface area (TPSA) is 87.7 Å². The number of hydrogen-bond acceptors (Lipinski definition) is 4. The molecule has 6 nitrogen and oxygen atoms in total. The summed E-state index contributed by atoms with van der Waals surface area (Å²) < 4.78 is 5.12. The van der Waals surface area contributed by atoms with Crippen LogP contribution >= 0.6 is 0 Å². The lowest BCUT2D eigenvalue weighted by Gasteiger charge is -2.28. The van der Waals surface area contributed by atoms with Crippen molar-refractivity contribution in [2.45, 2.75) is 31.8 Å².